The molecule has 9 nitrogen and oxygen atoms in total. The molecule has 0 spiro atoms. The molecule has 0 bridgehead atoms. The molecule has 0 N–H and O–H groups in total. The van der Waals surface area contributed by atoms with Crippen molar-refractivity contribution in [1.82, 2.24) is 24.5 Å². The summed E-state index contributed by atoms with van der Waals surface area (Å²) in [7, 11) is -7.95. The number of rotatable bonds is 7. The Hall–Kier alpha value is -6.04. The van der Waals surface area contributed by atoms with Crippen LogP contribution in [-0.4, -0.2) is 41.3 Å². The quantitative estimate of drug-likeness (QED) is 0.171. The number of pyridine rings is 2. The first-order valence-corrected chi connectivity index (χ1v) is 18.2. The average Bonchev–Trinajstić information content (AvgIpc) is 3.49. The van der Waals surface area contributed by atoms with Crippen LogP contribution in [0.15, 0.2) is 172 Å². The lowest BCUT2D eigenvalue weighted by Crippen LogP contribution is -2.05. The molecule has 0 amide bonds. The van der Waals surface area contributed by atoms with Gasteiger partial charge in [-0.25, -0.2) is 26.8 Å². The molecule has 0 aliphatic carbocycles. The van der Waals surface area contributed by atoms with Gasteiger partial charge in [-0.15, -0.1) is 0 Å². The zero-order chi connectivity index (χ0) is 33.6. The van der Waals surface area contributed by atoms with Gasteiger partial charge in [-0.1, -0.05) is 48.5 Å². The fourth-order valence-electron chi connectivity index (χ4n) is 5.92. The van der Waals surface area contributed by atoms with Crippen LogP contribution in [0.25, 0.3) is 50.3 Å². The number of hydrogen-bond acceptors (Lipinski definition) is 8. The van der Waals surface area contributed by atoms with Crippen molar-refractivity contribution in [2.24, 2.45) is 0 Å². The molecular weight excluding hydrogens is 655 g/mol. The Balaban J connectivity index is 1.28. The number of aromatic nitrogens is 5. The Morgan fingerprint density at radius 2 is 0.857 bits per heavy atom. The molecule has 4 heterocycles. The van der Waals surface area contributed by atoms with Gasteiger partial charge in [0, 0.05) is 46.7 Å². The molecule has 8 aromatic rings. The third-order valence-corrected chi connectivity index (χ3v) is 11.8. The molecule has 0 atom stereocenters. The Morgan fingerprint density at radius 1 is 0.408 bits per heavy atom. The molecule has 0 unspecified atom stereocenters. The van der Waals surface area contributed by atoms with Crippen LogP contribution in [0.2, 0.25) is 0 Å². The summed E-state index contributed by atoms with van der Waals surface area (Å²) in [5.41, 5.74) is 3.68. The third kappa shape index (κ3) is 5.35. The number of fused-ring (bicyclic) bond motifs is 3. The first-order chi connectivity index (χ1) is 23.8. The second-order valence-electron chi connectivity index (χ2n) is 11.2. The molecule has 8 rings (SSSR count). The summed E-state index contributed by atoms with van der Waals surface area (Å²) in [6, 6.07) is 35.7. The van der Waals surface area contributed by atoms with Crippen LogP contribution in [-0.2, 0) is 19.7 Å². The predicted molar refractivity (Wildman–Crippen MR) is 187 cm³/mol. The zero-order valence-corrected chi connectivity index (χ0v) is 27.3. The molecule has 0 saturated carbocycles. The van der Waals surface area contributed by atoms with Crippen molar-refractivity contribution in [3.05, 3.63) is 152 Å². The molecule has 238 valence electrons. The van der Waals surface area contributed by atoms with E-state index in [9.17, 15) is 16.8 Å². The van der Waals surface area contributed by atoms with Crippen LogP contribution in [0.5, 0.6) is 0 Å². The highest BCUT2D eigenvalue weighted by molar-refractivity contribution is 7.91. The van der Waals surface area contributed by atoms with Gasteiger partial charge in [0.2, 0.25) is 25.6 Å². The topological polar surface area (TPSA) is 125 Å². The van der Waals surface area contributed by atoms with Crippen LogP contribution < -0.4 is 0 Å². The Morgan fingerprint density at radius 3 is 1.31 bits per heavy atom. The second kappa shape index (κ2) is 11.9. The molecular formula is C38H25N5O4S2. The number of benzene rings is 4. The van der Waals surface area contributed by atoms with Crippen LogP contribution in [0.4, 0.5) is 0 Å². The summed E-state index contributed by atoms with van der Waals surface area (Å²) < 4.78 is 57.9. The summed E-state index contributed by atoms with van der Waals surface area (Å²) in [5, 5.41) is 1.43. The second-order valence-corrected chi connectivity index (χ2v) is 15.1. The molecule has 49 heavy (non-hydrogen) atoms. The molecule has 0 aliphatic heterocycles. The van der Waals surface area contributed by atoms with E-state index in [0.717, 1.165) is 0 Å². The summed E-state index contributed by atoms with van der Waals surface area (Å²) >= 11 is 0. The number of nitrogens with zero attached hydrogens (tertiary/aromatic N) is 5. The van der Waals surface area contributed by atoms with Gasteiger partial charge in [0.15, 0.2) is 0 Å². The molecule has 4 aromatic carbocycles. The van der Waals surface area contributed by atoms with Crippen molar-refractivity contribution in [2.75, 3.05) is 0 Å². The Bertz CT molecular complexity index is 2570. The molecule has 0 aliphatic rings. The van der Waals surface area contributed by atoms with Gasteiger partial charge < -0.3 is 0 Å². The zero-order valence-electron chi connectivity index (χ0n) is 25.6. The van der Waals surface area contributed by atoms with E-state index >= 15 is 0 Å². The van der Waals surface area contributed by atoms with Crippen LogP contribution >= 0.6 is 0 Å². The summed E-state index contributed by atoms with van der Waals surface area (Å²) in [6.07, 6.45) is 6.47. The molecule has 0 fully saturated rings. The highest BCUT2D eigenvalue weighted by atomic mass is 32.2. The summed E-state index contributed by atoms with van der Waals surface area (Å²) in [4.78, 5) is 18.0. The van der Waals surface area contributed by atoms with Crippen molar-refractivity contribution in [2.45, 2.75) is 19.6 Å². The van der Waals surface area contributed by atoms with Gasteiger partial charge in [0.25, 0.3) is 0 Å². The van der Waals surface area contributed by atoms with Crippen molar-refractivity contribution in [3.8, 4) is 28.5 Å². The maximum atomic E-state index is 14.1. The minimum atomic E-state index is -3.97. The van der Waals surface area contributed by atoms with Gasteiger partial charge in [-0.3, -0.25) is 14.5 Å². The van der Waals surface area contributed by atoms with Gasteiger partial charge in [-0.2, -0.15) is 0 Å². The maximum Gasteiger partial charge on any atom is 0.234 e. The fourth-order valence-corrected chi connectivity index (χ4v) is 8.57. The highest BCUT2D eigenvalue weighted by Gasteiger charge is 2.24. The van der Waals surface area contributed by atoms with Gasteiger partial charge in [0.1, 0.15) is 0 Å². The maximum absolute atomic E-state index is 14.1. The largest absolute Gasteiger partial charge is 0.278 e. The van der Waals surface area contributed by atoms with Crippen molar-refractivity contribution in [1.29, 1.82) is 0 Å². The van der Waals surface area contributed by atoms with Gasteiger partial charge in [-0.05, 0) is 78.9 Å². The van der Waals surface area contributed by atoms with Crippen LogP contribution in [0, 0.1) is 0 Å². The lowest BCUT2D eigenvalue weighted by molar-refractivity contribution is 0.594. The molecule has 0 saturated heterocycles. The lowest BCUT2D eigenvalue weighted by atomic mass is 10.1. The van der Waals surface area contributed by atoms with Gasteiger partial charge in [0.05, 0.1) is 42.0 Å². The number of hydrogen-bond donors (Lipinski definition) is 0. The standard InChI is InChI=1S/C38H25N5O4S2/c44-48(45,28-10-5-8-26(22-28)34-12-1-3-18-39-34)30-14-16-32-33-17-15-31(25-37(33)43(36(32)24-30)38-41-20-7-21-42-38)49(46,47)29-11-6-9-27(23-29)35-13-2-4-19-40-35/h1-25H. The van der Waals surface area contributed by atoms with E-state index in [1.165, 1.54) is 0 Å². The smallest absolute Gasteiger partial charge is 0.234 e. The van der Waals surface area contributed by atoms with E-state index in [0.29, 0.717) is 44.3 Å². The van der Waals surface area contributed by atoms with Crippen LogP contribution in [0.1, 0.15) is 0 Å². The average molecular weight is 680 g/mol. The van der Waals surface area contributed by atoms with E-state index < -0.39 is 19.7 Å². The van der Waals surface area contributed by atoms with Gasteiger partial charge >= 0.3 is 0 Å². The Kier molecular flexibility index (Phi) is 7.35. The van der Waals surface area contributed by atoms with E-state index in [-0.39, 0.29) is 25.5 Å². The van der Waals surface area contributed by atoms with E-state index in [2.05, 4.69) is 19.9 Å². The summed E-state index contributed by atoms with van der Waals surface area (Å²) in [5.74, 6) is 0.265. The molecule has 4 aromatic heterocycles. The minimum Gasteiger partial charge on any atom is -0.278 e. The fraction of sp³-hybridized carbons (Fsp3) is 0. The first kappa shape index (κ1) is 30.3. The lowest BCUT2D eigenvalue weighted by Gasteiger charge is -2.10. The van der Waals surface area contributed by atoms with Crippen molar-refractivity contribution >= 4 is 41.5 Å². The monoisotopic (exact) mass is 679 g/mol. The normalized spacial score (nSPS) is 12.0. The molecule has 0 radical (unpaired) electrons. The summed E-state index contributed by atoms with van der Waals surface area (Å²) in [6.45, 7) is 0. The molecule has 11 heteroatoms. The van der Waals surface area contributed by atoms with E-state index in [1.807, 2.05) is 36.4 Å². The highest BCUT2D eigenvalue weighted by Crippen LogP contribution is 2.36. The van der Waals surface area contributed by atoms with E-state index in [1.54, 1.807) is 120 Å². The number of sulfone groups is 2. The Labute approximate surface area is 282 Å². The third-order valence-electron chi connectivity index (χ3n) is 8.29. The van der Waals surface area contributed by atoms with Crippen LogP contribution in [0.3, 0.4) is 0 Å². The van der Waals surface area contributed by atoms with Crippen molar-refractivity contribution < 1.29 is 16.8 Å². The minimum absolute atomic E-state index is 0.0670. The van der Waals surface area contributed by atoms with Crippen molar-refractivity contribution in [3.63, 3.8) is 0 Å². The predicted octanol–water partition coefficient (Wildman–Crippen LogP) is 7.36. The first-order valence-electron chi connectivity index (χ1n) is 15.2. The SMILES string of the molecule is O=S(=O)(c1cccc(-c2ccccn2)c1)c1ccc2c3ccc(S(=O)(=O)c4cccc(-c5ccccn5)c4)cc3n(-c3ncccn3)c2c1. The van der Waals surface area contributed by atoms with E-state index in [4.69, 9.17) is 0 Å².